The van der Waals surface area contributed by atoms with Crippen LogP contribution in [0.15, 0.2) is 22.7 Å². The SMILES string of the molecule is Cc1c(Br)cccc1NC(=O)C1CCNCC1. The molecule has 0 atom stereocenters. The summed E-state index contributed by atoms with van der Waals surface area (Å²) in [5.74, 6) is 0.294. The Labute approximate surface area is 110 Å². The number of hydrogen-bond donors (Lipinski definition) is 2. The Morgan fingerprint density at radius 2 is 2.12 bits per heavy atom. The van der Waals surface area contributed by atoms with Gasteiger partial charge in [0.1, 0.15) is 0 Å². The van der Waals surface area contributed by atoms with Crippen molar-refractivity contribution >= 4 is 27.5 Å². The third-order valence-corrected chi connectivity index (χ3v) is 4.09. The average molecular weight is 297 g/mol. The van der Waals surface area contributed by atoms with Crippen LogP contribution in [0.4, 0.5) is 5.69 Å². The van der Waals surface area contributed by atoms with E-state index in [1.807, 2.05) is 25.1 Å². The zero-order valence-corrected chi connectivity index (χ0v) is 11.5. The summed E-state index contributed by atoms with van der Waals surface area (Å²) < 4.78 is 1.03. The van der Waals surface area contributed by atoms with E-state index in [0.717, 1.165) is 41.7 Å². The molecule has 1 amide bonds. The van der Waals surface area contributed by atoms with E-state index in [-0.39, 0.29) is 11.8 Å². The van der Waals surface area contributed by atoms with Crippen LogP contribution < -0.4 is 10.6 Å². The van der Waals surface area contributed by atoms with Crippen LogP contribution in [-0.2, 0) is 4.79 Å². The maximum absolute atomic E-state index is 12.1. The molecule has 92 valence electrons. The second-order valence-electron chi connectivity index (χ2n) is 4.43. The van der Waals surface area contributed by atoms with Gasteiger partial charge in [-0.1, -0.05) is 22.0 Å². The number of benzene rings is 1. The monoisotopic (exact) mass is 296 g/mol. The second kappa shape index (κ2) is 5.65. The summed E-state index contributed by atoms with van der Waals surface area (Å²) in [6.07, 6.45) is 1.86. The van der Waals surface area contributed by atoms with E-state index < -0.39 is 0 Å². The summed E-state index contributed by atoms with van der Waals surface area (Å²) in [5.41, 5.74) is 1.98. The van der Waals surface area contributed by atoms with Gasteiger partial charge in [-0.2, -0.15) is 0 Å². The highest BCUT2D eigenvalue weighted by atomic mass is 79.9. The van der Waals surface area contributed by atoms with Crippen molar-refractivity contribution in [2.75, 3.05) is 18.4 Å². The first-order valence-electron chi connectivity index (χ1n) is 5.95. The highest BCUT2D eigenvalue weighted by Crippen LogP contribution is 2.24. The second-order valence-corrected chi connectivity index (χ2v) is 5.28. The van der Waals surface area contributed by atoms with E-state index in [0.29, 0.717) is 0 Å². The van der Waals surface area contributed by atoms with E-state index in [1.54, 1.807) is 0 Å². The zero-order valence-electron chi connectivity index (χ0n) is 9.92. The van der Waals surface area contributed by atoms with Crippen LogP contribution in [0.3, 0.4) is 0 Å². The lowest BCUT2D eigenvalue weighted by molar-refractivity contribution is -0.120. The Morgan fingerprint density at radius 3 is 2.82 bits per heavy atom. The lowest BCUT2D eigenvalue weighted by atomic mass is 9.97. The molecular formula is C13H17BrN2O. The minimum absolute atomic E-state index is 0.146. The Bertz CT molecular complexity index is 414. The van der Waals surface area contributed by atoms with Gasteiger partial charge in [0.05, 0.1) is 0 Å². The summed E-state index contributed by atoms with van der Waals surface area (Å²) >= 11 is 3.47. The molecule has 4 heteroatoms. The third-order valence-electron chi connectivity index (χ3n) is 3.24. The van der Waals surface area contributed by atoms with Crippen molar-refractivity contribution in [3.05, 3.63) is 28.2 Å². The minimum Gasteiger partial charge on any atom is -0.326 e. The lowest BCUT2D eigenvalue weighted by Gasteiger charge is -2.22. The topological polar surface area (TPSA) is 41.1 Å². The van der Waals surface area contributed by atoms with Crippen LogP contribution in [0.2, 0.25) is 0 Å². The Kier molecular flexibility index (Phi) is 4.18. The Morgan fingerprint density at radius 1 is 1.41 bits per heavy atom. The number of anilines is 1. The van der Waals surface area contributed by atoms with Crippen molar-refractivity contribution in [2.45, 2.75) is 19.8 Å². The van der Waals surface area contributed by atoms with Gasteiger partial charge >= 0.3 is 0 Å². The van der Waals surface area contributed by atoms with E-state index in [4.69, 9.17) is 0 Å². The van der Waals surface area contributed by atoms with Gasteiger partial charge in [0.25, 0.3) is 0 Å². The van der Waals surface area contributed by atoms with Gasteiger partial charge in [0.2, 0.25) is 5.91 Å². The van der Waals surface area contributed by atoms with Gasteiger partial charge in [-0.05, 0) is 50.6 Å². The first-order chi connectivity index (χ1) is 8.18. The molecule has 1 heterocycles. The molecule has 0 unspecified atom stereocenters. The third kappa shape index (κ3) is 3.07. The Balaban J connectivity index is 2.04. The predicted molar refractivity (Wildman–Crippen MR) is 73.1 cm³/mol. The van der Waals surface area contributed by atoms with Crippen LogP contribution in [0.25, 0.3) is 0 Å². The van der Waals surface area contributed by atoms with Crippen LogP contribution >= 0.6 is 15.9 Å². The van der Waals surface area contributed by atoms with Crippen LogP contribution in [0.1, 0.15) is 18.4 Å². The van der Waals surface area contributed by atoms with Crippen molar-refractivity contribution in [3.8, 4) is 0 Å². The maximum atomic E-state index is 12.1. The van der Waals surface area contributed by atoms with Gasteiger partial charge in [0.15, 0.2) is 0 Å². The van der Waals surface area contributed by atoms with E-state index in [2.05, 4.69) is 26.6 Å². The summed E-state index contributed by atoms with van der Waals surface area (Å²) in [7, 11) is 0. The van der Waals surface area contributed by atoms with Gasteiger partial charge in [-0.15, -0.1) is 0 Å². The predicted octanol–water partition coefficient (Wildman–Crippen LogP) is 2.70. The van der Waals surface area contributed by atoms with Gasteiger partial charge < -0.3 is 10.6 Å². The molecule has 0 aliphatic carbocycles. The van der Waals surface area contributed by atoms with Crippen molar-refractivity contribution < 1.29 is 4.79 Å². The molecule has 1 fully saturated rings. The van der Waals surface area contributed by atoms with Crippen molar-refractivity contribution in [1.82, 2.24) is 5.32 Å². The van der Waals surface area contributed by atoms with E-state index in [1.165, 1.54) is 0 Å². The molecule has 2 N–H and O–H groups in total. The molecule has 1 aliphatic rings. The lowest BCUT2D eigenvalue weighted by Crippen LogP contribution is -2.34. The number of nitrogens with one attached hydrogen (secondary N) is 2. The molecule has 1 aromatic rings. The smallest absolute Gasteiger partial charge is 0.227 e. The maximum Gasteiger partial charge on any atom is 0.227 e. The molecule has 1 saturated heterocycles. The van der Waals surface area contributed by atoms with Gasteiger partial charge in [-0.3, -0.25) is 4.79 Å². The number of carbonyl (C=O) groups excluding carboxylic acids is 1. The van der Waals surface area contributed by atoms with Crippen molar-refractivity contribution in [2.24, 2.45) is 5.92 Å². The molecule has 1 aliphatic heterocycles. The summed E-state index contributed by atoms with van der Waals surface area (Å²) in [6.45, 7) is 3.88. The number of hydrogen-bond acceptors (Lipinski definition) is 2. The standard InChI is InChI=1S/C13H17BrN2O/c1-9-11(14)3-2-4-12(9)16-13(17)10-5-7-15-8-6-10/h2-4,10,15H,5-8H2,1H3,(H,16,17). The molecule has 0 aromatic heterocycles. The number of carbonyl (C=O) groups is 1. The van der Waals surface area contributed by atoms with Crippen molar-refractivity contribution in [1.29, 1.82) is 0 Å². The van der Waals surface area contributed by atoms with Crippen LogP contribution in [0, 0.1) is 12.8 Å². The zero-order chi connectivity index (χ0) is 12.3. The molecular weight excluding hydrogens is 280 g/mol. The van der Waals surface area contributed by atoms with Crippen LogP contribution in [0.5, 0.6) is 0 Å². The number of amides is 1. The summed E-state index contributed by atoms with van der Waals surface area (Å²) in [5, 5.41) is 6.29. The first-order valence-corrected chi connectivity index (χ1v) is 6.74. The number of halogens is 1. The summed E-state index contributed by atoms with van der Waals surface area (Å²) in [4.78, 5) is 12.1. The molecule has 3 nitrogen and oxygen atoms in total. The molecule has 0 spiro atoms. The fourth-order valence-corrected chi connectivity index (χ4v) is 2.43. The number of rotatable bonds is 2. The largest absolute Gasteiger partial charge is 0.326 e. The van der Waals surface area contributed by atoms with E-state index in [9.17, 15) is 4.79 Å². The molecule has 0 bridgehead atoms. The molecule has 2 rings (SSSR count). The fraction of sp³-hybridized carbons (Fsp3) is 0.462. The molecule has 0 saturated carbocycles. The van der Waals surface area contributed by atoms with E-state index >= 15 is 0 Å². The highest BCUT2D eigenvalue weighted by molar-refractivity contribution is 9.10. The average Bonchev–Trinajstić information content (AvgIpc) is 2.36. The summed E-state index contributed by atoms with van der Waals surface area (Å²) in [6, 6.07) is 5.86. The number of piperidine rings is 1. The van der Waals surface area contributed by atoms with Crippen LogP contribution in [-0.4, -0.2) is 19.0 Å². The minimum atomic E-state index is 0.146. The van der Waals surface area contributed by atoms with Gasteiger partial charge in [0, 0.05) is 16.1 Å². The normalized spacial score (nSPS) is 16.8. The van der Waals surface area contributed by atoms with Gasteiger partial charge in [-0.25, -0.2) is 0 Å². The molecule has 0 radical (unpaired) electrons. The molecule has 17 heavy (non-hydrogen) atoms. The quantitative estimate of drug-likeness (QED) is 0.881. The fourth-order valence-electron chi connectivity index (χ4n) is 2.06. The van der Waals surface area contributed by atoms with Crippen molar-refractivity contribution in [3.63, 3.8) is 0 Å². The Hall–Kier alpha value is -0.870. The highest BCUT2D eigenvalue weighted by Gasteiger charge is 2.21. The first kappa shape index (κ1) is 12.6. The molecule has 1 aromatic carbocycles.